The third-order valence-corrected chi connectivity index (χ3v) is 0. The smallest absolute Gasteiger partial charge is 0 e. The summed E-state index contributed by atoms with van der Waals surface area (Å²) in [5.41, 5.74) is 0. The van der Waals surface area contributed by atoms with Crippen molar-refractivity contribution >= 4 is 94.4 Å². The Labute approximate surface area is 108 Å². The van der Waals surface area contributed by atoms with Gasteiger partial charge in [-0.25, -0.2) is 0 Å². The zero-order valence-electron chi connectivity index (χ0n) is 2.21. The molecule has 0 amide bonds. The summed E-state index contributed by atoms with van der Waals surface area (Å²) in [6.07, 6.45) is 0. The molecule has 3 nitrogen and oxygen atoms in total. The summed E-state index contributed by atoms with van der Waals surface area (Å²) in [7, 11) is 0. The van der Waals surface area contributed by atoms with Crippen LogP contribution in [0.25, 0.3) is 0 Å². The van der Waals surface area contributed by atoms with Crippen LogP contribution in [-0.2, 0) is 0 Å². The van der Waals surface area contributed by atoms with E-state index >= 15 is 0 Å². The second-order valence-corrected chi connectivity index (χ2v) is 0. The molecule has 0 aliphatic heterocycles. The quantitative estimate of drug-likeness (QED) is 0.408. The van der Waals surface area contributed by atoms with Crippen LogP contribution in [0.2, 0.25) is 0 Å². The summed E-state index contributed by atoms with van der Waals surface area (Å²) in [5, 5.41) is 0. The molecule has 0 aromatic heterocycles. The van der Waals surface area contributed by atoms with Crippen molar-refractivity contribution in [1.82, 2.24) is 0 Å². The maximum absolute atomic E-state index is 0. The van der Waals surface area contributed by atoms with E-state index in [0.717, 1.165) is 0 Å². The molecule has 2 radical (unpaired) electrons. The molecule has 0 rings (SSSR count). The fraction of sp³-hybridized carbons (Fsp3) is 0. The average molecular weight is 281 g/mol. The van der Waals surface area contributed by atoms with Crippen molar-refractivity contribution in [2.24, 2.45) is 0 Å². The van der Waals surface area contributed by atoms with Crippen molar-refractivity contribution in [3.8, 4) is 0 Å². The normalized spacial score (nSPS) is 0. The van der Waals surface area contributed by atoms with Gasteiger partial charge in [-0.15, -0.1) is 0 Å². The van der Waals surface area contributed by atoms with E-state index in [1.807, 2.05) is 0 Å². The van der Waals surface area contributed by atoms with E-state index in [-0.39, 0.29) is 111 Å². The first-order valence-corrected chi connectivity index (χ1v) is 0. The first kappa shape index (κ1) is 44.3. The Morgan fingerprint density at radius 3 is 0.600 bits per heavy atom. The topological polar surface area (TPSA) is 94.5 Å². The van der Waals surface area contributed by atoms with Gasteiger partial charge in [0.2, 0.25) is 0 Å². The minimum Gasteiger partial charge on any atom is 0 e. The molecular formula is H8BaO3Sr. The van der Waals surface area contributed by atoms with Crippen molar-refractivity contribution in [3.05, 3.63) is 0 Å². The van der Waals surface area contributed by atoms with E-state index in [1.165, 1.54) is 0 Å². The monoisotopic (exact) mass is 282 g/mol. The van der Waals surface area contributed by atoms with Crippen molar-refractivity contribution in [3.63, 3.8) is 0 Å². The van der Waals surface area contributed by atoms with Crippen LogP contribution in [0.1, 0.15) is 0 Å². The summed E-state index contributed by atoms with van der Waals surface area (Å²) < 4.78 is 0. The minimum atomic E-state index is 0. The van der Waals surface area contributed by atoms with Gasteiger partial charge < -0.3 is 16.4 Å². The number of rotatable bonds is 0. The zero-order chi connectivity index (χ0) is 0. The minimum absolute atomic E-state index is 0. The van der Waals surface area contributed by atoms with Gasteiger partial charge in [-0.3, -0.25) is 0 Å². The van der Waals surface area contributed by atoms with Crippen LogP contribution in [0.4, 0.5) is 0 Å². The van der Waals surface area contributed by atoms with E-state index in [1.54, 1.807) is 0 Å². The maximum atomic E-state index is 0. The molecule has 0 aliphatic carbocycles. The molecular weight excluding hydrogens is 273 g/mol. The van der Waals surface area contributed by atoms with Gasteiger partial charge in [-0.1, -0.05) is 0 Å². The molecule has 0 aromatic carbocycles. The summed E-state index contributed by atoms with van der Waals surface area (Å²) in [4.78, 5) is 0. The molecule has 0 saturated carbocycles. The van der Waals surface area contributed by atoms with Crippen LogP contribution in [0, 0.1) is 0 Å². The van der Waals surface area contributed by atoms with Crippen LogP contribution < -0.4 is 0 Å². The van der Waals surface area contributed by atoms with Crippen molar-refractivity contribution in [1.29, 1.82) is 0 Å². The third kappa shape index (κ3) is 19.6. The predicted octanol–water partition coefficient (Wildman–Crippen LogP) is -3.77. The molecule has 5 heteroatoms. The molecule has 0 bridgehead atoms. The Kier molecular flexibility index (Phi) is 252. The Hall–Kier alpha value is 2.93. The molecule has 0 atom stereocenters. The molecule has 0 heterocycles. The first-order valence-electron chi connectivity index (χ1n) is 0. The van der Waals surface area contributed by atoms with Crippen LogP contribution in [-0.4, -0.2) is 111 Å². The molecule has 30 valence electrons. The van der Waals surface area contributed by atoms with E-state index < -0.39 is 0 Å². The van der Waals surface area contributed by atoms with E-state index in [0.29, 0.717) is 0 Å². The van der Waals surface area contributed by atoms with Gasteiger partial charge in [0.05, 0.1) is 0 Å². The number of hydrogen-bond donors (Lipinski definition) is 0. The van der Waals surface area contributed by atoms with Crippen LogP contribution in [0.5, 0.6) is 0 Å². The Morgan fingerprint density at radius 2 is 0.600 bits per heavy atom. The molecule has 0 saturated heterocycles. The number of hydrogen-bond acceptors (Lipinski definition) is 0. The third-order valence-electron chi connectivity index (χ3n) is 0. The Balaban J connectivity index is 0. The molecule has 6 N–H and O–H groups in total. The maximum Gasteiger partial charge on any atom is 0 e. The van der Waals surface area contributed by atoms with Gasteiger partial charge in [-0.2, -0.15) is 0 Å². The molecule has 0 fully saturated rings. The fourth-order valence-electron chi connectivity index (χ4n) is 0. The Bertz CT molecular complexity index is 6.85. The summed E-state index contributed by atoms with van der Waals surface area (Å²) in [6, 6.07) is 0. The van der Waals surface area contributed by atoms with E-state index in [4.69, 9.17) is 0 Å². The van der Waals surface area contributed by atoms with Crippen molar-refractivity contribution in [2.45, 2.75) is 0 Å². The van der Waals surface area contributed by atoms with Crippen LogP contribution >= 0.6 is 0 Å². The Morgan fingerprint density at radius 1 is 0.600 bits per heavy atom. The second kappa shape index (κ2) is 28.4. The average Bonchev–Trinajstić information content (AvgIpc) is 0. The van der Waals surface area contributed by atoms with E-state index in [9.17, 15) is 0 Å². The van der Waals surface area contributed by atoms with Gasteiger partial charge in [0.1, 0.15) is 0 Å². The van der Waals surface area contributed by atoms with E-state index in [2.05, 4.69) is 0 Å². The zero-order valence-corrected chi connectivity index (χ0v) is 5.68. The van der Waals surface area contributed by atoms with Gasteiger partial charge in [-0.05, 0) is 0 Å². The summed E-state index contributed by atoms with van der Waals surface area (Å²) in [6.45, 7) is 0. The molecule has 0 aromatic rings. The molecule has 0 unspecified atom stereocenters. The summed E-state index contributed by atoms with van der Waals surface area (Å²) >= 11 is 0. The van der Waals surface area contributed by atoms with Gasteiger partial charge in [0, 0.05) is 45.5 Å². The van der Waals surface area contributed by atoms with Gasteiger partial charge in [0.15, 0.2) is 0 Å². The molecule has 0 aliphatic rings. The fourth-order valence-corrected chi connectivity index (χ4v) is 0. The van der Waals surface area contributed by atoms with Crippen molar-refractivity contribution in [2.75, 3.05) is 0 Å². The second-order valence-electron chi connectivity index (χ2n) is 0. The van der Waals surface area contributed by atoms with Crippen molar-refractivity contribution < 1.29 is 16.4 Å². The van der Waals surface area contributed by atoms with Crippen LogP contribution in [0.15, 0.2) is 0 Å². The predicted molar refractivity (Wildman–Crippen MR) is 25.1 cm³/mol. The largest absolute Gasteiger partial charge is 0 e. The van der Waals surface area contributed by atoms with Gasteiger partial charge >= 0.3 is 48.9 Å². The molecule has 0 spiro atoms. The molecule has 5 heavy (non-hydrogen) atoms. The SMILES string of the molecule is O.O.O.[BaH2].[Sr]. The first-order chi connectivity index (χ1) is 0. The van der Waals surface area contributed by atoms with Gasteiger partial charge in [0.25, 0.3) is 0 Å². The summed E-state index contributed by atoms with van der Waals surface area (Å²) in [5.74, 6) is 0. The van der Waals surface area contributed by atoms with Crippen LogP contribution in [0.3, 0.4) is 0 Å². The standard InChI is InChI=1S/Ba.3H2O.Sr.2H/h;3*1H2;;;.